The zero-order valence-corrected chi connectivity index (χ0v) is 19.8. The van der Waals surface area contributed by atoms with Crippen LogP contribution in [0.1, 0.15) is 42.3 Å². The third-order valence-corrected chi connectivity index (χ3v) is 6.71. The summed E-state index contributed by atoms with van der Waals surface area (Å²) in [7, 11) is -3.74. The highest BCUT2D eigenvalue weighted by Gasteiger charge is 2.17. The Labute approximate surface area is 194 Å². The summed E-state index contributed by atoms with van der Waals surface area (Å²) in [5, 5.41) is 1.66. The number of ether oxygens (including phenoxy) is 1. The van der Waals surface area contributed by atoms with E-state index in [9.17, 15) is 13.2 Å². The quantitative estimate of drug-likeness (QED) is 0.398. The van der Waals surface area contributed by atoms with E-state index in [-0.39, 0.29) is 16.9 Å². The molecule has 0 aliphatic carbocycles. The van der Waals surface area contributed by atoms with Crippen molar-refractivity contribution in [3.8, 4) is 0 Å². The van der Waals surface area contributed by atoms with E-state index in [4.69, 9.17) is 16.3 Å². The van der Waals surface area contributed by atoms with E-state index in [0.29, 0.717) is 21.7 Å². The minimum absolute atomic E-state index is 0.0290. The molecule has 0 N–H and O–H groups in total. The highest BCUT2D eigenvalue weighted by Crippen LogP contribution is 2.24. The van der Waals surface area contributed by atoms with Gasteiger partial charge in [-0.05, 0) is 52.9 Å². The Bertz CT molecular complexity index is 1210. The number of hydrogen-bond acceptors (Lipinski definition) is 4. The maximum absolute atomic E-state index is 12.9. The van der Waals surface area contributed by atoms with Crippen LogP contribution in [0.3, 0.4) is 0 Å². The lowest BCUT2D eigenvalue weighted by Gasteiger charge is -2.19. The lowest BCUT2D eigenvalue weighted by atomic mass is 9.87. The third kappa shape index (κ3) is 6.09. The third-order valence-electron chi connectivity index (χ3n) is 4.93. The number of carbonyl (C=O) groups is 1. The number of halogens is 1. The summed E-state index contributed by atoms with van der Waals surface area (Å²) in [5.41, 5.74) is 2.43. The standard InChI is InChI=1S/C26H25ClO4S/c1-26(2,3)22-13-9-20(10-14-22)25(28)31-17-21(19-11-15-23(27)16-12-19)18-32(29,30)24-7-5-4-6-8-24/h4-16,18H,17H2,1-3H3/b21-18+. The monoisotopic (exact) mass is 468 g/mol. The zero-order valence-electron chi connectivity index (χ0n) is 18.2. The van der Waals surface area contributed by atoms with E-state index in [0.717, 1.165) is 11.0 Å². The van der Waals surface area contributed by atoms with E-state index in [1.807, 2.05) is 12.1 Å². The van der Waals surface area contributed by atoms with Crippen LogP contribution < -0.4 is 0 Å². The van der Waals surface area contributed by atoms with Crippen molar-refractivity contribution < 1.29 is 17.9 Å². The van der Waals surface area contributed by atoms with Crippen LogP contribution in [0, 0.1) is 0 Å². The van der Waals surface area contributed by atoms with E-state index < -0.39 is 15.8 Å². The second-order valence-corrected chi connectivity index (χ2v) is 10.6. The molecule has 0 bridgehead atoms. The number of rotatable bonds is 6. The van der Waals surface area contributed by atoms with Gasteiger partial charge in [-0.1, -0.05) is 74.8 Å². The number of sulfone groups is 1. The molecule has 0 heterocycles. The Kier molecular flexibility index (Phi) is 7.22. The predicted molar refractivity (Wildman–Crippen MR) is 128 cm³/mol. The molecule has 0 spiro atoms. The molecule has 0 amide bonds. The molecule has 0 aliphatic rings. The number of hydrogen-bond donors (Lipinski definition) is 0. The largest absolute Gasteiger partial charge is 0.457 e. The average molecular weight is 469 g/mol. The van der Waals surface area contributed by atoms with Crippen LogP contribution in [0.5, 0.6) is 0 Å². The van der Waals surface area contributed by atoms with Crippen molar-refractivity contribution in [2.24, 2.45) is 0 Å². The molecule has 0 atom stereocenters. The Morgan fingerprint density at radius 2 is 1.44 bits per heavy atom. The van der Waals surface area contributed by atoms with Gasteiger partial charge in [-0.25, -0.2) is 13.2 Å². The highest BCUT2D eigenvalue weighted by molar-refractivity contribution is 7.94. The van der Waals surface area contributed by atoms with Gasteiger partial charge in [0, 0.05) is 16.0 Å². The van der Waals surface area contributed by atoms with Gasteiger partial charge in [0.25, 0.3) is 0 Å². The smallest absolute Gasteiger partial charge is 0.338 e. The van der Waals surface area contributed by atoms with Gasteiger partial charge >= 0.3 is 5.97 Å². The van der Waals surface area contributed by atoms with Crippen molar-refractivity contribution in [2.45, 2.75) is 31.1 Å². The molecule has 0 aliphatic heterocycles. The first-order chi connectivity index (χ1) is 15.1. The van der Waals surface area contributed by atoms with Gasteiger partial charge in [-0.3, -0.25) is 0 Å². The number of benzene rings is 3. The maximum Gasteiger partial charge on any atom is 0.338 e. The molecule has 4 nitrogen and oxygen atoms in total. The molecule has 0 saturated carbocycles. The van der Waals surface area contributed by atoms with E-state index in [1.54, 1.807) is 54.6 Å². The van der Waals surface area contributed by atoms with Crippen LogP contribution in [0.15, 0.2) is 89.2 Å². The number of esters is 1. The van der Waals surface area contributed by atoms with Gasteiger partial charge < -0.3 is 4.74 Å². The lowest BCUT2D eigenvalue weighted by Crippen LogP contribution is -2.12. The minimum Gasteiger partial charge on any atom is -0.457 e. The van der Waals surface area contributed by atoms with Gasteiger partial charge in [0.1, 0.15) is 6.61 Å². The Morgan fingerprint density at radius 3 is 2.00 bits per heavy atom. The van der Waals surface area contributed by atoms with Crippen LogP contribution in [-0.4, -0.2) is 21.0 Å². The Hall–Kier alpha value is -2.89. The Balaban J connectivity index is 1.86. The maximum atomic E-state index is 12.9. The van der Waals surface area contributed by atoms with Gasteiger partial charge in [-0.15, -0.1) is 0 Å². The van der Waals surface area contributed by atoms with Crippen LogP contribution in [0.2, 0.25) is 5.02 Å². The molecule has 166 valence electrons. The highest BCUT2D eigenvalue weighted by atomic mass is 35.5. The van der Waals surface area contributed by atoms with Crippen molar-refractivity contribution in [3.63, 3.8) is 0 Å². The molecule has 0 saturated heterocycles. The molecule has 3 aromatic carbocycles. The second kappa shape index (κ2) is 9.72. The summed E-state index contributed by atoms with van der Waals surface area (Å²) in [6.07, 6.45) is 0. The molecule has 0 radical (unpaired) electrons. The van der Waals surface area contributed by atoms with Crippen LogP contribution in [0.25, 0.3) is 5.57 Å². The second-order valence-electron chi connectivity index (χ2n) is 8.41. The molecule has 0 fully saturated rings. The van der Waals surface area contributed by atoms with Gasteiger partial charge in [0.05, 0.1) is 10.5 Å². The predicted octanol–water partition coefficient (Wildman–Crippen LogP) is 6.31. The SMILES string of the molecule is CC(C)(C)c1ccc(C(=O)OC/C(=C\S(=O)(=O)c2ccccc2)c2ccc(Cl)cc2)cc1. The van der Waals surface area contributed by atoms with Gasteiger partial charge in [0.15, 0.2) is 9.84 Å². The van der Waals surface area contributed by atoms with E-state index in [1.165, 1.54) is 12.1 Å². The first-order valence-electron chi connectivity index (χ1n) is 10.1. The van der Waals surface area contributed by atoms with E-state index >= 15 is 0 Å². The van der Waals surface area contributed by atoms with Crippen LogP contribution in [0.4, 0.5) is 0 Å². The zero-order chi connectivity index (χ0) is 23.4. The van der Waals surface area contributed by atoms with Crippen molar-refractivity contribution in [2.75, 3.05) is 6.61 Å². The number of carbonyl (C=O) groups excluding carboxylic acids is 1. The van der Waals surface area contributed by atoms with Gasteiger partial charge in [0.2, 0.25) is 0 Å². The molecule has 3 aromatic rings. The topological polar surface area (TPSA) is 60.4 Å². The molecule has 32 heavy (non-hydrogen) atoms. The fourth-order valence-corrected chi connectivity index (χ4v) is 4.43. The summed E-state index contributed by atoms with van der Waals surface area (Å²) in [4.78, 5) is 12.8. The van der Waals surface area contributed by atoms with E-state index in [2.05, 4.69) is 20.8 Å². The molecule has 6 heteroatoms. The molecular formula is C26H25ClO4S. The fraction of sp³-hybridized carbons (Fsp3) is 0.192. The molecule has 3 rings (SSSR count). The summed E-state index contributed by atoms with van der Waals surface area (Å²) >= 11 is 5.97. The summed E-state index contributed by atoms with van der Waals surface area (Å²) in [6.45, 7) is 6.08. The summed E-state index contributed by atoms with van der Waals surface area (Å²) in [5.74, 6) is -0.526. The summed E-state index contributed by atoms with van der Waals surface area (Å²) < 4.78 is 31.2. The average Bonchev–Trinajstić information content (AvgIpc) is 2.77. The van der Waals surface area contributed by atoms with Gasteiger partial charge in [-0.2, -0.15) is 0 Å². The minimum atomic E-state index is -3.74. The van der Waals surface area contributed by atoms with Crippen molar-refractivity contribution in [3.05, 3.63) is 106 Å². The molecule has 0 unspecified atom stereocenters. The normalized spacial score (nSPS) is 12.4. The molecule has 0 aromatic heterocycles. The fourth-order valence-electron chi connectivity index (χ4n) is 3.05. The first kappa shape index (κ1) is 23.8. The van der Waals surface area contributed by atoms with Crippen molar-refractivity contribution >= 4 is 33.0 Å². The molecular weight excluding hydrogens is 444 g/mol. The van der Waals surface area contributed by atoms with Crippen LogP contribution in [-0.2, 0) is 20.0 Å². The van der Waals surface area contributed by atoms with Crippen molar-refractivity contribution in [1.29, 1.82) is 0 Å². The van der Waals surface area contributed by atoms with Crippen LogP contribution >= 0.6 is 11.6 Å². The Morgan fingerprint density at radius 1 is 0.875 bits per heavy atom. The summed E-state index contributed by atoms with van der Waals surface area (Å²) in [6, 6.07) is 22.0. The first-order valence-corrected chi connectivity index (χ1v) is 12.0. The van der Waals surface area contributed by atoms with Crippen molar-refractivity contribution in [1.82, 2.24) is 0 Å². The lowest BCUT2D eigenvalue weighted by molar-refractivity contribution is 0.0556.